The van der Waals surface area contributed by atoms with Crippen LogP contribution in [0.3, 0.4) is 0 Å². The number of morpholine rings is 1. The lowest BCUT2D eigenvalue weighted by Crippen LogP contribution is -2.58. The Morgan fingerprint density at radius 1 is 1.15 bits per heavy atom. The van der Waals surface area contributed by atoms with Gasteiger partial charge >= 0.3 is 5.97 Å². The fraction of sp³-hybridized carbons (Fsp3) is 0.929. The smallest absolute Gasteiger partial charge is 0.323 e. The van der Waals surface area contributed by atoms with Gasteiger partial charge in [-0.1, -0.05) is 0 Å². The highest BCUT2D eigenvalue weighted by Crippen LogP contribution is 2.36. The molecule has 3 heterocycles. The summed E-state index contributed by atoms with van der Waals surface area (Å²) in [5.41, 5.74) is -0.0947. The summed E-state index contributed by atoms with van der Waals surface area (Å²) in [7, 11) is 0. The van der Waals surface area contributed by atoms with Crippen molar-refractivity contribution in [2.24, 2.45) is 0 Å². The van der Waals surface area contributed by atoms with Gasteiger partial charge in [-0.2, -0.15) is 0 Å². The molecule has 0 aromatic heterocycles. The van der Waals surface area contributed by atoms with Crippen molar-refractivity contribution >= 4 is 5.97 Å². The molecule has 20 heavy (non-hydrogen) atoms. The van der Waals surface area contributed by atoms with Gasteiger partial charge in [0.05, 0.1) is 18.8 Å². The van der Waals surface area contributed by atoms with Crippen molar-refractivity contribution in [3.8, 4) is 0 Å². The van der Waals surface area contributed by atoms with Crippen molar-refractivity contribution in [1.82, 2.24) is 4.90 Å². The maximum absolute atomic E-state index is 11.4. The number of nitrogens with zero attached hydrogens (tertiary/aromatic N) is 1. The average Bonchev–Trinajstić information content (AvgIpc) is 2.48. The van der Waals surface area contributed by atoms with E-state index in [4.69, 9.17) is 14.2 Å². The molecule has 0 aliphatic carbocycles. The van der Waals surface area contributed by atoms with E-state index in [2.05, 4.69) is 4.90 Å². The van der Waals surface area contributed by atoms with Crippen LogP contribution in [0.4, 0.5) is 0 Å². The molecular weight excluding hydrogens is 262 g/mol. The number of hydrogen-bond acceptors (Lipinski definition) is 5. The number of ether oxygens (including phenoxy) is 3. The molecule has 1 spiro atoms. The molecule has 0 radical (unpaired) electrons. The minimum atomic E-state index is -0.780. The van der Waals surface area contributed by atoms with Crippen molar-refractivity contribution in [2.75, 3.05) is 39.6 Å². The Hall–Kier alpha value is -0.690. The summed E-state index contributed by atoms with van der Waals surface area (Å²) >= 11 is 0. The van der Waals surface area contributed by atoms with Crippen LogP contribution in [-0.2, 0) is 19.0 Å². The van der Waals surface area contributed by atoms with E-state index in [0.717, 1.165) is 38.9 Å². The third-order valence-corrected chi connectivity index (χ3v) is 4.79. The van der Waals surface area contributed by atoms with E-state index >= 15 is 0 Å². The highest BCUT2D eigenvalue weighted by molar-refractivity contribution is 5.73. The van der Waals surface area contributed by atoms with Gasteiger partial charge in [0, 0.05) is 32.4 Å². The molecule has 0 aromatic rings. The summed E-state index contributed by atoms with van der Waals surface area (Å²) in [6.07, 6.45) is 3.67. The lowest BCUT2D eigenvalue weighted by molar-refractivity contribution is -0.172. The van der Waals surface area contributed by atoms with Gasteiger partial charge < -0.3 is 19.3 Å². The summed E-state index contributed by atoms with van der Waals surface area (Å²) < 4.78 is 16.8. The van der Waals surface area contributed by atoms with Crippen LogP contribution in [0.15, 0.2) is 0 Å². The van der Waals surface area contributed by atoms with Gasteiger partial charge in [0.25, 0.3) is 0 Å². The number of carboxylic acids is 1. The standard InChI is InChI=1S/C14H23NO5/c16-13(17)12-10-19-8-4-15(12)11-1-5-20-14(9-11)2-6-18-7-3-14/h11-12H,1-10H2,(H,16,17). The maximum atomic E-state index is 11.4. The van der Waals surface area contributed by atoms with Crippen LogP contribution in [0.25, 0.3) is 0 Å². The predicted molar refractivity (Wildman–Crippen MR) is 70.7 cm³/mol. The van der Waals surface area contributed by atoms with Crippen LogP contribution in [0.2, 0.25) is 0 Å². The topological polar surface area (TPSA) is 68.2 Å². The zero-order valence-electron chi connectivity index (χ0n) is 11.8. The molecule has 1 N–H and O–H groups in total. The molecule has 0 saturated carbocycles. The fourth-order valence-corrected chi connectivity index (χ4v) is 3.64. The van der Waals surface area contributed by atoms with E-state index in [-0.39, 0.29) is 11.6 Å². The Kier molecular flexibility index (Phi) is 4.26. The molecule has 3 fully saturated rings. The van der Waals surface area contributed by atoms with Gasteiger partial charge in [-0.25, -0.2) is 0 Å². The van der Waals surface area contributed by atoms with Crippen LogP contribution in [0, 0.1) is 0 Å². The van der Waals surface area contributed by atoms with Gasteiger partial charge in [-0.3, -0.25) is 9.69 Å². The number of carbonyl (C=O) groups is 1. The van der Waals surface area contributed by atoms with Gasteiger partial charge in [0.15, 0.2) is 0 Å². The van der Waals surface area contributed by atoms with Crippen molar-refractivity contribution in [2.45, 2.75) is 43.4 Å². The van der Waals surface area contributed by atoms with Gasteiger partial charge in [-0.15, -0.1) is 0 Å². The largest absolute Gasteiger partial charge is 0.480 e. The first kappa shape index (κ1) is 14.3. The Balaban J connectivity index is 1.70. The maximum Gasteiger partial charge on any atom is 0.323 e. The van der Waals surface area contributed by atoms with Gasteiger partial charge in [-0.05, 0) is 25.7 Å². The lowest BCUT2D eigenvalue weighted by Gasteiger charge is -2.48. The molecule has 114 valence electrons. The number of rotatable bonds is 2. The number of aliphatic carboxylic acids is 1. The molecule has 3 saturated heterocycles. The molecule has 0 amide bonds. The fourth-order valence-electron chi connectivity index (χ4n) is 3.64. The summed E-state index contributed by atoms with van der Waals surface area (Å²) in [4.78, 5) is 13.5. The van der Waals surface area contributed by atoms with Crippen LogP contribution < -0.4 is 0 Å². The number of hydrogen-bond donors (Lipinski definition) is 1. The second-order valence-corrected chi connectivity index (χ2v) is 5.96. The Morgan fingerprint density at radius 2 is 1.95 bits per heavy atom. The highest BCUT2D eigenvalue weighted by Gasteiger charge is 2.43. The minimum Gasteiger partial charge on any atom is -0.480 e. The third kappa shape index (κ3) is 2.83. The molecule has 3 rings (SSSR count). The molecule has 0 bridgehead atoms. The first-order chi connectivity index (χ1) is 9.70. The van der Waals surface area contributed by atoms with E-state index in [1.54, 1.807) is 0 Å². The zero-order valence-corrected chi connectivity index (χ0v) is 11.8. The SMILES string of the molecule is O=C(O)C1COCCN1C1CCOC2(CCOCC2)C1. The van der Waals surface area contributed by atoms with Crippen LogP contribution in [0.1, 0.15) is 25.7 Å². The molecular formula is C14H23NO5. The summed E-state index contributed by atoms with van der Waals surface area (Å²) in [5.74, 6) is -0.780. The first-order valence-corrected chi connectivity index (χ1v) is 7.48. The van der Waals surface area contributed by atoms with Crippen LogP contribution in [0.5, 0.6) is 0 Å². The molecule has 3 aliphatic rings. The van der Waals surface area contributed by atoms with E-state index in [0.29, 0.717) is 26.4 Å². The van der Waals surface area contributed by atoms with Crippen molar-refractivity contribution in [3.05, 3.63) is 0 Å². The quantitative estimate of drug-likeness (QED) is 0.797. The van der Waals surface area contributed by atoms with Crippen molar-refractivity contribution < 1.29 is 24.1 Å². The lowest BCUT2D eigenvalue weighted by atomic mass is 9.83. The molecule has 6 nitrogen and oxygen atoms in total. The molecule has 2 unspecified atom stereocenters. The van der Waals surface area contributed by atoms with Gasteiger partial charge in [0.2, 0.25) is 0 Å². The van der Waals surface area contributed by atoms with E-state index < -0.39 is 12.0 Å². The van der Waals surface area contributed by atoms with Gasteiger partial charge in [0.1, 0.15) is 6.04 Å². The monoisotopic (exact) mass is 285 g/mol. The van der Waals surface area contributed by atoms with Crippen molar-refractivity contribution in [1.29, 1.82) is 0 Å². The molecule has 3 aliphatic heterocycles. The second-order valence-electron chi connectivity index (χ2n) is 5.96. The zero-order chi connectivity index (χ0) is 14.0. The first-order valence-electron chi connectivity index (χ1n) is 7.48. The Labute approximate surface area is 119 Å². The summed E-state index contributed by atoms with van der Waals surface area (Å²) in [6.45, 7) is 3.83. The van der Waals surface area contributed by atoms with Crippen LogP contribution >= 0.6 is 0 Å². The average molecular weight is 285 g/mol. The Morgan fingerprint density at radius 3 is 2.70 bits per heavy atom. The molecule has 0 aromatic carbocycles. The normalized spacial score (nSPS) is 35.0. The Bertz CT molecular complexity index is 350. The third-order valence-electron chi connectivity index (χ3n) is 4.79. The molecule has 6 heteroatoms. The summed E-state index contributed by atoms with van der Waals surface area (Å²) in [6, 6.07) is -0.226. The molecule has 2 atom stereocenters. The van der Waals surface area contributed by atoms with E-state index in [1.807, 2.05) is 0 Å². The van der Waals surface area contributed by atoms with Crippen LogP contribution in [-0.4, -0.2) is 73.2 Å². The second kappa shape index (κ2) is 5.97. The van der Waals surface area contributed by atoms with Crippen molar-refractivity contribution in [3.63, 3.8) is 0 Å². The van der Waals surface area contributed by atoms with E-state index in [1.165, 1.54) is 0 Å². The minimum absolute atomic E-state index is 0.0947. The van der Waals surface area contributed by atoms with E-state index in [9.17, 15) is 9.90 Å². The number of carboxylic acid groups (broad SMARTS) is 1. The highest BCUT2D eigenvalue weighted by atomic mass is 16.5. The summed E-state index contributed by atoms with van der Waals surface area (Å²) in [5, 5.41) is 9.37. The predicted octanol–water partition coefficient (Wildman–Crippen LogP) is 0.500.